The first-order valence-electron chi connectivity index (χ1n) is 6.50. The van der Waals surface area contributed by atoms with Crippen LogP contribution in [0.3, 0.4) is 0 Å². The van der Waals surface area contributed by atoms with E-state index < -0.39 is 0 Å². The summed E-state index contributed by atoms with van der Waals surface area (Å²) < 4.78 is 7.79. The van der Waals surface area contributed by atoms with Crippen LogP contribution in [-0.4, -0.2) is 47.5 Å². The second kappa shape index (κ2) is 4.90. The number of likely N-dealkylation sites (N-methyl/N-ethyl adjacent to an activating group) is 1. The van der Waals surface area contributed by atoms with Gasteiger partial charge in [-0.2, -0.15) is 5.10 Å². The molecule has 18 heavy (non-hydrogen) atoms. The molecule has 1 saturated heterocycles. The number of hydrogen-bond donors (Lipinski definition) is 1. The standard InChI is InChI=1S/C13H24N4O/c1-13(2,3)11-7-12(14)15-17(11)9-10-8-16(4)5-6-18-10/h7,10H,5-6,8-9H2,1-4H3,(H2,14,15)/t10-/m0/s1. The second-order valence-corrected chi connectivity index (χ2v) is 6.14. The Labute approximate surface area is 109 Å². The van der Waals surface area contributed by atoms with Gasteiger partial charge in [0.05, 0.1) is 19.3 Å². The Morgan fingerprint density at radius 3 is 2.83 bits per heavy atom. The molecule has 2 rings (SSSR count). The van der Waals surface area contributed by atoms with Crippen molar-refractivity contribution in [1.29, 1.82) is 0 Å². The molecule has 0 radical (unpaired) electrons. The number of morpholine rings is 1. The molecule has 1 aromatic heterocycles. The van der Waals surface area contributed by atoms with E-state index in [2.05, 4.69) is 37.8 Å². The molecule has 0 amide bonds. The van der Waals surface area contributed by atoms with Crippen molar-refractivity contribution in [2.24, 2.45) is 0 Å². The van der Waals surface area contributed by atoms with Crippen molar-refractivity contribution in [2.45, 2.75) is 38.8 Å². The lowest BCUT2D eigenvalue weighted by molar-refractivity contribution is -0.0296. The normalized spacial score (nSPS) is 22.3. The van der Waals surface area contributed by atoms with Crippen molar-refractivity contribution < 1.29 is 4.74 Å². The summed E-state index contributed by atoms with van der Waals surface area (Å²) in [6.07, 6.45) is 0.198. The highest BCUT2D eigenvalue weighted by Crippen LogP contribution is 2.24. The third-order valence-corrected chi connectivity index (χ3v) is 3.29. The van der Waals surface area contributed by atoms with E-state index in [-0.39, 0.29) is 11.5 Å². The van der Waals surface area contributed by atoms with Crippen LogP contribution in [0, 0.1) is 0 Å². The molecule has 0 aromatic carbocycles. The molecule has 2 N–H and O–H groups in total. The highest BCUT2D eigenvalue weighted by Gasteiger charge is 2.24. The summed E-state index contributed by atoms with van der Waals surface area (Å²) in [7, 11) is 2.12. The summed E-state index contributed by atoms with van der Waals surface area (Å²) in [5.74, 6) is 0.587. The number of ether oxygens (including phenoxy) is 1. The number of nitrogens with zero attached hydrogens (tertiary/aromatic N) is 3. The monoisotopic (exact) mass is 252 g/mol. The molecular weight excluding hydrogens is 228 g/mol. The van der Waals surface area contributed by atoms with E-state index in [4.69, 9.17) is 10.5 Å². The summed E-state index contributed by atoms with van der Waals surface area (Å²) >= 11 is 0. The Bertz CT molecular complexity index is 408. The van der Waals surface area contributed by atoms with Gasteiger partial charge in [-0.1, -0.05) is 20.8 Å². The van der Waals surface area contributed by atoms with Gasteiger partial charge in [-0.05, 0) is 7.05 Å². The number of aromatic nitrogens is 2. The molecule has 5 nitrogen and oxygen atoms in total. The van der Waals surface area contributed by atoms with Crippen LogP contribution in [0.1, 0.15) is 26.5 Å². The first kappa shape index (κ1) is 13.4. The van der Waals surface area contributed by atoms with Gasteiger partial charge in [0, 0.05) is 30.3 Å². The Morgan fingerprint density at radius 2 is 2.22 bits per heavy atom. The van der Waals surface area contributed by atoms with Crippen LogP contribution in [0.5, 0.6) is 0 Å². The fourth-order valence-corrected chi connectivity index (χ4v) is 2.35. The maximum atomic E-state index is 5.83. The van der Waals surface area contributed by atoms with Crippen molar-refractivity contribution in [1.82, 2.24) is 14.7 Å². The molecule has 0 unspecified atom stereocenters. The van der Waals surface area contributed by atoms with Gasteiger partial charge < -0.3 is 15.4 Å². The van der Waals surface area contributed by atoms with Crippen LogP contribution in [0.2, 0.25) is 0 Å². The third-order valence-electron chi connectivity index (χ3n) is 3.29. The summed E-state index contributed by atoms with van der Waals surface area (Å²) in [5.41, 5.74) is 7.04. The van der Waals surface area contributed by atoms with Crippen LogP contribution < -0.4 is 5.73 Å². The Kier molecular flexibility index (Phi) is 3.64. The molecule has 5 heteroatoms. The zero-order valence-corrected chi connectivity index (χ0v) is 11.8. The molecule has 0 saturated carbocycles. The number of nitrogen functional groups attached to an aromatic ring is 1. The molecule has 0 aliphatic carbocycles. The van der Waals surface area contributed by atoms with Gasteiger partial charge in [-0.15, -0.1) is 0 Å². The molecule has 1 aliphatic heterocycles. The molecule has 1 fully saturated rings. The predicted octanol–water partition coefficient (Wildman–Crippen LogP) is 1.09. The fraction of sp³-hybridized carbons (Fsp3) is 0.769. The minimum Gasteiger partial charge on any atom is -0.382 e. The van der Waals surface area contributed by atoms with E-state index in [1.807, 2.05) is 10.7 Å². The number of rotatable bonds is 2. The Balaban J connectivity index is 2.13. The van der Waals surface area contributed by atoms with Gasteiger partial charge in [0.25, 0.3) is 0 Å². The van der Waals surface area contributed by atoms with E-state index in [0.29, 0.717) is 5.82 Å². The van der Waals surface area contributed by atoms with Gasteiger partial charge in [-0.25, -0.2) is 0 Å². The molecule has 102 valence electrons. The maximum absolute atomic E-state index is 5.83. The molecule has 2 heterocycles. The summed E-state index contributed by atoms with van der Waals surface area (Å²) in [5, 5.41) is 4.39. The second-order valence-electron chi connectivity index (χ2n) is 6.14. The van der Waals surface area contributed by atoms with Crippen LogP contribution in [0.25, 0.3) is 0 Å². The zero-order valence-electron chi connectivity index (χ0n) is 11.8. The van der Waals surface area contributed by atoms with Crippen LogP contribution in [0.15, 0.2) is 6.07 Å². The minimum absolute atomic E-state index is 0.0468. The molecular formula is C13H24N4O. The molecule has 1 aliphatic rings. The van der Waals surface area contributed by atoms with Crippen molar-refractivity contribution in [2.75, 3.05) is 32.5 Å². The highest BCUT2D eigenvalue weighted by molar-refractivity contribution is 5.32. The smallest absolute Gasteiger partial charge is 0.145 e. The summed E-state index contributed by atoms with van der Waals surface area (Å²) in [6.45, 7) is 10.0. The number of anilines is 1. The molecule has 1 atom stereocenters. The van der Waals surface area contributed by atoms with Gasteiger partial charge in [0.15, 0.2) is 0 Å². The van der Waals surface area contributed by atoms with Crippen LogP contribution in [-0.2, 0) is 16.7 Å². The van der Waals surface area contributed by atoms with Crippen molar-refractivity contribution in [3.8, 4) is 0 Å². The van der Waals surface area contributed by atoms with Gasteiger partial charge >= 0.3 is 0 Å². The van der Waals surface area contributed by atoms with E-state index >= 15 is 0 Å². The van der Waals surface area contributed by atoms with Gasteiger partial charge in [-0.3, -0.25) is 4.68 Å². The quantitative estimate of drug-likeness (QED) is 0.856. The first-order chi connectivity index (χ1) is 8.36. The lowest BCUT2D eigenvalue weighted by Crippen LogP contribution is -2.42. The fourth-order valence-electron chi connectivity index (χ4n) is 2.35. The van der Waals surface area contributed by atoms with E-state index in [1.54, 1.807) is 0 Å². The molecule has 0 spiro atoms. The minimum atomic E-state index is 0.0468. The summed E-state index contributed by atoms with van der Waals surface area (Å²) in [4.78, 5) is 2.29. The van der Waals surface area contributed by atoms with Crippen LogP contribution in [0.4, 0.5) is 5.82 Å². The lowest BCUT2D eigenvalue weighted by atomic mass is 9.92. The third kappa shape index (κ3) is 3.03. The average Bonchev–Trinajstić information content (AvgIpc) is 2.59. The topological polar surface area (TPSA) is 56.3 Å². The average molecular weight is 252 g/mol. The highest BCUT2D eigenvalue weighted by atomic mass is 16.5. The predicted molar refractivity (Wildman–Crippen MR) is 72.6 cm³/mol. The van der Waals surface area contributed by atoms with Crippen molar-refractivity contribution >= 4 is 5.82 Å². The van der Waals surface area contributed by atoms with E-state index in [0.717, 1.165) is 31.9 Å². The Morgan fingerprint density at radius 1 is 1.50 bits per heavy atom. The lowest BCUT2D eigenvalue weighted by Gasteiger charge is -2.31. The zero-order chi connectivity index (χ0) is 13.3. The number of hydrogen-bond acceptors (Lipinski definition) is 4. The van der Waals surface area contributed by atoms with Crippen molar-refractivity contribution in [3.63, 3.8) is 0 Å². The van der Waals surface area contributed by atoms with Gasteiger partial charge in [0.1, 0.15) is 5.82 Å². The maximum Gasteiger partial charge on any atom is 0.145 e. The first-order valence-corrected chi connectivity index (χ1v) is 6.50. The van der Waals surface area contributed by atoms with Crippen LogP contribution >= 0.6 is 0 Å². The van der Waals surface area contributed by atoms with E-state index in [1.165, 1.54) is 0 Å². The molecule has 1 aromatic rings. The van der Waals surface area contributed by atoms with Gasteiger partial charge in [0.2, 0.25) is 0 Å². The Hall–Kier alpha value is -1.07. The SMILES string of the molecule is CN1CCO[C@H](Cn2nc(N)cc2C(C)(C)C)C1. The summed E-state index contributed by atoms with van der Waals surface area (Å²) in [6, 6.07) is 1.96. The van der Waals surface area contributed by atoms with Crippen molar-refractivity contribution in [3.05, 3.63) is 11.8 Å². The van der Waals surface area contributed by atoms with E-state index in [9.17, 15) is 0 Å². The number of nitrogens with two attached hydrogens (primary N) is 1. The largest absolute Gasteiger partial charge is 0.382 e. The molecule has 0 bridgehead atoms.